The van der Waals surface area contributed by atoms with Crippen molar-refractivity contribution in [2.24, 2.45) is 0 Å². The summed E-state index contributed by atoms with van der Waals surface area (Å²) in [7, 11) is 1.65. The predicted molar refractivity (Wildman–Crippen MR) is 93.0 cm³/mol. The van der Waals surface area contributed by atoms with Crippen LogP contribution in [0.25, 0.3) is 10.6 Å². The van der Waals surface area contributed by atoms with Gasteiger partial charge in [-0.2, -0.15) is 0 Å². The molecule has 0 aliphatic heterocycles. The second-order valence-corrected chi connectivity index (χ2v) is 6.09. The lowest BCUT2D eigenvalue weighted by molar-refractivity contribution is -0.121. The van der Waals surface area contributed by atoms with Crippen LogP contribution in [-0.4, -0.2) is 18.0 Å². The van der Waals surface area contributed by atoms with Crippen LogP contribution in [0.5, 0.6) is 5.75 Å². The lowest BCUT2D eigenvalue weighted by atomic mass is 10.2. The highest BCUT2D eigenvalue weighted by Gasteiger charge is 2.08. The van der Waals surface area contributed by atoms with Gasteiger partial charge in [-0.25, -0.2) is 4.98 Å². The molecule has 0 aliphatic rings. The molecule has 0 saturated carbocycles. The molecular formula is C18H18N2O3S. The third-order valence-corrected chi connectivity index (χ3v) is 4.48. The van der Waals surface area contributed by atoms with Crippen LogP contribution in [-0.2, 0) is 17.8 Å². The van der Waals surface area contributed by atoms with Crippen molar-refractivity contribution in [3.05, 3.63) is 59.5 Å². The van der Waals surface area contributed by atoms with Crippen LogP contribution in [0.3, 0.4) is 0 Å². The number of methoxy groups -OCH3 is 1. The second-order valence-electron chi connectivity index (χ2n) is 5.23. The van der Waals surface area contributed by atoms with Crippen LogP contribution in [0.15, 0.2) is 52.5 Å². The molecule has 5 nitrogen and oxygen atoms in total. The van der Waals surface area contributed by atoms with Gasteiger partial charge in [-0.3, -0.25) is 4.79 Å². The summed E-state index contributed by atoms with van der Waals surface area (Å²) in [6.07, 6.45) is 2.63. The fourth-order valence-electron chi connectivity index (χ4n) is 2.22. The Labute approximate surface area is 144 Å². The summed E-state index contributed by atoms with van der Waals surface area (Å²) >= 11 is 1.58. The van der Waals surface area contributed by atoms with Crippen molar-refractivity contribution in [3.63, 3.8) is 0 Å². The van der Waals surface area contributed by atoms with Crippen LogP contribution in [0.4, 0.5) is 0 Å². The van der Waals surface area contributed by atoms with Crippen LogP contribution in [0, 0.1) is 0 Å². The zero-order valence-electron chi connectivity index (χ0n) is 13.3. The van der Waals surface area contributed by atoms with Crippen molar-refractivity contribution in [1.82, 2.24) is 10.3 Å². The molecule has 124 valence electrons. The highest BCUT2D eigenvalue weighted by atomic mass is 32.1. The van der Waals surface area contributed by atoms with Crippen molar-refractivity contribution in [3.8, 4) is 16.3 Å². The molecule has 0 fully saturated rings. The Balaban J connectivity index is 1.51. The number of rotatable bonds is 7. The van der Waals surface area contributed by atoms with E-state index in [1.807, 2.05) is 35.7 Å². The van der Waals surface area contributed by atoms with E-state index in [9.17, 15) is 4.79 Å². The van der Waals surface area contributed by atoms with E-state index < -0.39 is 0 Å². The maximum absolute atomic E-state index is 11.9. The van der Waals surface area contributed by atoms with Crippen molar-refractivity contribution in [2.75, 3.05) is 7.11 Å². The quantitative estimate of drug-likeness (QED) is 0.712. The molecule has 0 aliphatic carbocycles. The highest BCUT2D eigenvalue weighted by molar-refractivity contribution is 7.13. The molecule has 6 heteroatoms. The molecule has 3 aromatic rings. The number of aryl methyl sites for hydroxylation is 1. The zero-order chi connectivity index (χ0) is 16.8. The standard InChI is InChI=1S/C18H18N2O3S/c1-22-15-7-4-13(5-8-15)18-20-14(12-24-18)6-9-17(21)19-11-16-3-2-10-23-16/h2-5,7-8,10,12H,6,9,11H2,1H3,(H,19,21). The molecule has 3 rings (SSSR count). The van der Waals surface area contributed by atoms with Gasteiger partial charge in [-0.1, -0.05) is 0 Å². The van der Waals surface area contributed by atoms with E-state index in [0.717, 1.165) is 27.8 Å². The lowest BCUT2D eigenvalue weighted by Gasteiger charge is -2.02. The molecule has 2 aromatic heterocycles. The van der Waals surface area contributed by atoms with Gasteiger partial charge in [0.25, 0.3) is 0 Å². The first-order chi connectivity index (χ1) is 11.7. The van der Waals surface area contributed by atoms with E-state index in [1.54, 1.807) is 30.8 Å². The smallest absolute Gasteiger partial charge is 0.220 e. The Morgan fingerprint density at radius 1 is 1.29 bits per heavy atom. The minimum absolute atomic E-state index is 0.00889. The van der Waals surface area contributed by atoms with Gasteiger partial charge in [0.1, 0.15) is 16.5 Å². The topological polar surface area (TPSA) is 64.4 Å². The molecule has 0 radical (unpaired) electrons. The zero-order valence-corrected chi connectivity index (χ0v) is 14.1. The molecule has 1 aromatic carbocycles. The van der Waals surface area contributed by atoms with E-state index >= 15 is 0 Å². The predicted octanol–water partition coefficient (Wildman–Crippen LogP) is 3.66. The fourth-order valence-corrected chi connectivity index (χ4v) is 3.08. The van der Waals surface area contributed by atoms with E-state index in [0.29, 0.717) is 19.4 Å². The SMILES string of the molecule is COc1ccc(-c2nc(CCC(=O)NCc3ccco3)cs2)cc1. The highest BCUT2D eigenvalue weighted by Crippen LogP contribution is 2.26. The monoisotopic (exact) mass is 342 g/mol. The average Bonchev–Trinajstić information content (AvgIpc) is 3.30. The lowest BCUT2D eigenvalue weighted by Crippen LogP contribution is -2.22. The van der Waals surface area contributed by atoms with Gasteiger partial charge in [-0.15, -0.1) is 11.3 Å². The Kier molecular flexibility index (Phi) is 5.28. The Morgan fingerprint density at radius 2 is 2.12 bits per heavy atom. The molecule has 0 bridgehead atoms. The maximum Gasteiger partial charge on any atom is 0.220 e. The van der Waals surface area contributed by atoms with Crippen molar-refractivity contribution < 1.29 is 13.9 Å². The van der Waals surface area contributed by atoms with E-state index in [1.165, 1.54) is 0 Å². The van der Waals surface area contributed by atoms with E-state index in [2.05, 4.69) is 10.3 Å². The summed E-state index contributed by atoms with van der Waals surface area (Å²) in [6, 6.07) is 11.4. The van der Waals surface area contributed by atoms with E-state index in [4.69, 9.17) is 9.15 Å². The number of hydrogen-bond donors (Lipinski definition) is 1. The number of furan rings is 1. The summed E-state index contributed by atoms with van der Waals surface area (Å²) in [4.78, 5) is 16.5. The fraction of sp³-hybridized carbons (Fsp3) is 0.222. The first kappa shape index (κ1) is 16.3. The summed E-state index contributed by atoms with van der Waals surface area (Å²) in [5.41, 5.74) is 1.98. The number of nitrogens with one attached hydrogen (secondary N) is 1. The van der Waals surface area contributed by atoms with Gasteiger partial charge in [0.15, 0.2) is 0 Å². The minimum atomic E-state index is -0.00889. The Morgan fingerprint density at radius 3 is 2.83 bits per heavy atom. The number of nitrogens with zero attached hydrogens (tertiary/aromatic N) is 1. The van der Waals surface area contributed by atoms with Gasteiger partial charge in [-0.05, 0) is 42.8 Å². The largest absolute Gasteiger partial charge is 0.497 e. The number of carbonyl (C=O) groups excluding carboxylic acids is 1. The normalized spacial score (nSPS) is 10.5. The molecule has 1 amide bonds. The molecule has 0 saturated heterocycles. The molecule has 2 heterocycles. The van der Waals surface area contributed by atoms with Gasteiger partial charge >= 0.3 is 0 Å². The first-order valence-electron chi connectivity index (χ1n) is 7.62. The third kappa shape index (κ3) is 4.23. The van der Waals surface area contributed by atoms with Crippen molar-refractivity contribution in [1.29, 1.82) is 0 Å². The van der Waals surface area contributed by atoms with Gasteiger partial charge in [0.2, 0.25) is 5.91 Å². The van der Waals surface area contributed by atoms with Crippen molar-refractivity contribution >= 4 is 17.2 Å². The molecule has 1 N–H and O–H groups in total. The maximum atomic E-state index is 11.9. The molecular weight excluding hydrogens is 324 g/mol. The Bertz CT molecular complexity index is 779. The Hall–Kier alpha value is -2.60. The molecule has 0 spiro atoms. The van der Waals surface area contributed by atoms with Crippen LogP contribution >= 0.6 is 11.3 Å². The summed E-state index contributed by atoms with van der Waals surface area (Å²) in [5, 5.41) is 5.78. The van der Waals surface area contributed by atoms with E-state index in [-0.39, 0.29) is 5.91 Å². The number of carbonyl (C=O) groups is 1. The van der Waals surface area contributed by atoms with Crippen LogP contribution in [0.2, 0.25) is 0 Å². The van der Waals surface area contributed by atoms with Crippen LogP contribution in [0.1, 0.15) is 17.9 Å². The summed E-state index contributed by atoms with van der Waals surface area (Å²) in [5.74, 6) is 1.56. The van der Waals surface area contributed by atoms with Gasteiger partial charge in [0.05, 0.1) is 25.6 Å². The number of ether oxygens (including phenoxy) is 1. The summed E-state index contributed by atoms with van der Waals surface area (Å²) < 4.78 is 10.3. The van der Waals surface area contributed by atoms with Crippen LogP contribution < -0.4 is 10.1 Å². The molecule has 0 unspecified atom stereocenters. The number of aromatic nitrogens is 1. The average molecular weight is 342 g/mol. The number of amides is 1. The number of benzene rings is 1. The van der Waals surface area contributed by atoms with Gasteiger partial charge in [0, 0.05) is 17.4 Å². The number of thiazole rings is 1. The number of hydrogen-bond acceptors (Lipinski definition) is 5. The third-order valence-electron chi connectivity index (χ3n) is 3.54. The first-order valence-corrected chi connectivity index (χ1v) is 8.50. The second kappa shape index (κ2) is 7.79. The van der Waals surface area contributed by atoms with Gasteiger partial charge < -0.3 is 14.5 Å². The molecule has 0 atom stereocenters. The summed E-state index contributed by atoms with van der Waals surface area (Å²) in [6.45, 7) is 0.417. The minimum Gasteiger partial charge on any atom is -0.497 e. The molecule has 24 heavy (non-hydrogen) atoms. The van der Waals surface area contributed by atoms with Crippen molar-refractivity contribution in [2.45, 2.75) is 19.4 Å².